The summed E-state index contributed by atoms with van der Waals surface area (Å²) in [4.78, 5) is 0. The summed E-state index contributed by atoms with van der Waals surface area (Å²) in [6, 6.07) is 14.7. The number of nitrogens with one attached hydrogen (secondary N) is 1. The molecule has 4 aliphatic rings. The van der Waals surface area contributed by atoms with Crippen molar-refractivity contribution < 1.29 is 9.47 Å². The Labute approximate surface area is 178 Å². The van der Waals surface area contributed by atoms with Crippen LogP contribution in [0.15, 0.2) is 42.5 Å². The molecule has 29 heavy (non-hydrogen) atoms. The molecule has 0 unspecified atom stereocenters. The van der Waals surface area contributed by atoms with E-state index >= 15 is 0 Å². The van der Waals surface area contributed by atoms with Crippen molar-refractivity contribution in [3.05, 3.63) is 58.6 Å². The number of rotatable bonds is 7. The number of methoxy groups -OCH3 is 1. The molecule has 4 fully saturated rings. The van der Waals surface area contributed by atoms with E-state index in [-0.39, 0.29) is 0 Å². The molecular weight excluding hydrogens is 382 g/mol. The summed E-state index contributed by atoms with van der Waals surface area (Å²) in [5.74, 6) is 5.34. The second-order valence-corrected chi connectivity index (χ2v) is 9.57. The summed E-state index contributed by atoms with van der Waals surface area (Å²) >= 11 is 6.31. The number of halogens is 1. The minimum Gasteiger partial charge on any atom is -0.493 e. The number of ether oxygens (including phenoxy) is 2. The predicted molar refractivity (Wildman–Crippen MR) is 116 cm³/mol. The summed E-state index contributed by atoms with van der Waals surface area (Å²) in [5, 5.41) is 4.65. The van der Waals surface area contributed by atoms with Crippen LogP contribution in [0, 0.1) is 23.7 Å². The SMILES string of the molecule is COc1cccc(CNC2C3CC4CC(C3)CC2C4)c1OCc1ccccc1Cl. The maximum atomic E-state index is 6.31. The Hall–Kier alpha value is -1.71. The van der Waals surface area contributed by atoms with Gasteiger partial charge in [0.1, 0.15) is 6.61 Å². The molecular formula is C25H30ClNO2. The molecule has 6 rings (SSSR count). The smallest absolute Gasteiger partial charge is 0.166 e. The summed E-state index contributed by atoms with van der Waals surface area (Å²) in [6.45, 7) is 1.26. The molecule has 0 atom stereocenters. The van der Waals surface area contributed by atoms with E-state index < -0.39 is 0 Å². The van der Waals surface area contributed by atoms with Gasteiger partial charge in [-0.2, -0.15) is 0 Å². The van der Waals surface area contributed by atoms with Gasteiger partial charge in [0.2, 0.25) is 0 Å². The van der Waals surface area contributed by atoms with Gasteiger partial charge in [-0.15, -0.1) is 0 Å². The van der Waals surface area contributed by atoms with Gasteiger partial charge in [0.25, 0.3) is 0 Å². The normalized spacial score (nSPS) is 29.8. The molecule has 2 aromatic carbocycles. The molecule has 0 heterocycles. The Morgan fingerprint density at radius 3 is 2.28 bits per heavy atom. The number of hydrogen-bond donors (Lipinski definition) is 1. The van der Waals surface area contributed by atoms with Crippen molar-refractivity contribution in [2.24, 2.45) is 23.7 Å². The van der Waals surface area contributed by atoms with E-state index in [0.717, 1.165) is 57.9 Å². The number of hydrogen-bond acceptors (Lipinski definition) is 3. The van der Waals surface area contributed by atoms with Crippen molar-refractivity contribution >= 4 is 11.6 Å². The first-order valence-corrected chi connectivity index (χ1v) is 11.3. The zero-order chi connectivity index (χ0) is 19.8. The second-order valence-electron chi connectivity index (χ2n) is 9.17. The van der Waals surface area contributed by atoms with Crippen LogP contribution < -0.4 is 14.8 Å². The van der Waals surface area contributed by atoms with Crippen LogP contribution in [-0.2, 0) is 13.2 Å². The molecule has 4 heteroatoms. The van der Waals surface area contributed by atoms with Gasteiger partial charge in [-0.3, -0.25) is 0 Å². The lowest BCUT2D eigenvalue weighted by Gasteiger charge is -2.54. The zero-order valence-electron chi connectivity index (χ0n) is 17.1. The fourth-order valence-corrected chi connectivity index (χ4v) is 6.47. The van der Waals surface area contributed by atoms with Crippen LogP contribution >= 0.6 is 11.6 Å². The lowest BCUT2D eigenvalue weighted by atomic mass is 9.54. The molecule has 0 amide bonds. The van der Waals surface area contributed by atoms with Gasteiger partial charge in [-0.25, -0.2) is 0 Å². The Morgan fingerprint density at radius 1 is 0.897 bits per heavy atom. The van der Waals surface area contributed by atoms with E-state index in [4.69, 9.17) is 21.1 Å². The lowest BCUT2D eigenvalue weighted by Crippen LogP contribution is -2.54. The largest absolute Gasteiger partial charge is 0.493 e. The Bertz CT molecular complexity index is 840. The molecule has 0 radical (unpaired) electrons. The van der Waals surface area contributed by atoms with E-state index in [1.165, 1.54) is 32.1 Å². The maximum Gasteiger partial charge on any atom is 0.166 e. The maximum absolute atomic E-state index is 6.31. The van der Waals surface area contributed by atoms with Crippen LogP contribution in [0.25, 0.3) is 0 Å². The Morgan fingerprint density at radius 2 is 1.59 bits per heavy atom. The molecule has 0 aromatic heterocycles. The van der Waals surface area contributed by atoms with Crippen molar-refractivity contribution in [3.8, 4) is 11.5 Å². The van der Waals surface area contributed by atoms with E-state index in [0.29, 0.717) is 12.6 Å². The average molecular weight is 412 g/mol. The Kier molecular flexibility index (Phi) is 5.45. The van der Waals surface area contributed by atoms with Gasteiger partial charge in [0.15, 0.2) is 11.5 Å². The van der Waals surface area contributed by atoms with Gasteiger partial charge >= 0.3 is 0 Å². The van der Waals surface area contributed by atoms with Crippen LogP contribution in [0.1, 0.15) is 43.2 Å². The van der Waals surface area contributed by atoms with E-state index in [1.807, 2.05) is 30.3 Å². The van der Waals surface area contributed by atoms with Gasteiger partial charge in [-0.05, 0) is 67.9 Å². The molecule has 3 nitrogen and oxygen atoms in total. The van der Waals surface area contributed by atoms with Crippen LogP contribution in [0.2, 0.25) is 5.02 Å². The van der Waals surface area contributed by atoms with Gasteiger partial charge in [0, 0.05) is 28.7 Å². The van der Waals surface area contributed by atoms with Gasteiger partial charge in [-0.1, -0.05) is 41.9 Å². The van der Waals surface area contributed by atoms with Crippen molar-refractivity contribution in [1.29, 1.82) is 0 Å². The molecule has 4 bridgehead atoms. The third-order valence-electron chi connectivity index (χ3n) is 7.37. The van der Waals surface area contributed by atoms with Crippen LogP contribution in [0.5, 0.6) is 11.5 Å². The average Bonchev–Trinajstić information content (AvgIpc) is 2.72. The van der Waals surface area contributed by atoms with Crippen LogP contribution in [0.3, 0.4) is 0 Å². The van der Waals surface area contributed by atoms with Gasteiger partial charge in [0.05, 0.1) is 7.11 Å². The molecule has 154 valence electrons. The highest BCUT2D eigenvalue weighted by atomic mass is 35.5. The van der Waals surface area contributed by atoms with Crippen molar-refractivity contribution in [2.45, 2.75) is 51.3 Å². The number of para-hydroxylation sites is 1. The molecule has 2 aromatic rings. The highest BCUT2D eigenvalue weighted by molar-refractivity contribution is 6.31. The summed E-state index contributed by atoms with van der Waals surface area (Å²) < 4.78 is 11.8. The first kappa shape index (κ1) is 19.3. The minimum atomic E-state index is 0.436. The topological polar surface area (TPSA) is 30.5 Å². The lowest BCUT2D eigenvalue weighted by molar-refractivity contribution is -0.0143. The minimum absolute atomic E-state index is 0.436. The fourth-order valence-electron chi connectivity index (χ4n) is 6.28. The standard InChI is InChI=1S/C25H30ClNO2/c1-28-23-8-4-6-18(25(23)29-15-19-5-2-3-7-22(19)26)14-27-24-20-10-16-9-17(12-20)13-21(24)11-16/h2-8,16-17,20-21,24,27H,9-15H2,1H3. The highest BCUT2D eigenvalue weighted by Gasteiger charge is 2.47. The second kappa shape index (κ2) is 8.20. The molecule has 0 saturated heterocycles. The van der Waals surface area contributed by atoms with Crippen LogP contribution in [0.4, 0.5) is 0 Å². The third kappa shape index (κ3) is 3.87. The van der Waals surface area contributed by atoms with Crippen molar-refractivity contribution in [3.63, 3.8) is 0 Å². The number of benzene rings is 2. The molecule has 4 aliphatic carbocycles. The summed E-state index contributed by atoms with van der Waals surface area (Å²) in [5.41, 5.74) is 2.14. The van der Waals surface area contributed by atoms with E-state index in [1.54, 1.807) is 7.11 Å². The molecule has 0 aliphatic heterocycles. The van der Waals surface area contributed by atoms with E-state index in [2.05, 4.69) is 17.4 Å². The molecule has 1 N–H and O–H groups in total. The summed E-state index contributed by atoms with van der Waals surface area (Å²) in [7, 11) is 1.70. The van der Waals surface area contributed by atoms with Gasteiger partial charge < -0.3 is 14.8 Å². The first-order valence-electron chi connectivity index (χ1n) is 11.0. The predicted octanol–water partition coefficient (Wildman–Crippen LogP) is 5.84. The molecule has 0 spiro atoms. The Balaban J connectivity index is 1.30. The quantitative estimate of drug-likeness (QED) is 0.620. The van der Waals surface area contributed by atoms with Crippen LogP contribution in [-0.4, -0.2) is 13.2 Å². The first-order chi connectivity index (χ1) is 14.2. The summed E-state index contributed by atoms with van der Waals surface area (Å²) in [6.07, 6.45) is 7.21. The monoisotopic (exact) mass is 411 g/mol. The van der Waals surface area contributed by atoms with Crippen molar-refractivity contribution in [1.82, 2.24) is 5.32 Å². The zero-order valence-corrected chi connectivity index (χ0v) is 17.8. The van der Waals surface area contributed by atoms with E-state index in [9.17, 15) is 0 Å². The van der Waals surface area contributed by atoms with Crippen molar-refractivity contribution in [2.75, 3.05) is 7.11 Å². The fraction of sp³-hybridized carbons (Fsp3) is 0.520. The molecule has 4 saturated carbocycles. The third-order valence-corrected chi connectivity index (χ3v) is 7.73. The highest BCUT2D eigenvalue weighted by Crippen LogP contribution is 2.53.